The number of carbonyl (C=O) groups is 1. The number of anilines is 2. The average Bonchev–Trinajstić information content (AvgIpc) is 2.80. The molecule has 0 saturated carbocycles. The summed E-state index contributed by atoms with van der Waals surface area (Å²) < 4.78 is 1.60. The van der Waals surface area contributed by atoms with Gasteiger partial charge in [-0.3, -0.25) is 9.48 Å². The molecule has 0 radical (unpaired) electrons. The summed E-state index contributed by atoms with van der Waals surface area (Å²) in [6, 6.07) is 8.06. The van der Waals surface area contributed by atoms with Gasteiger partial charge in [0.05, 0.1) is 11.4 Å². The second kappa shape index (κ2) is 5.24. The van der Waals surface area contributed by atoms with Crippen molar-refractivity contribution < 1.29 is 4.79 Å². The molecule has 0 aliphatic carbocycles. The topological polar surface area (TPSA) is 64.2 Å². The standard InChI is InChI=1S/C16H20N4O/c1-3-12-14(17)15(19(2)18-12)16(21)20-10-6-8-11-7-4-5-9-13(11)20/h4-5,7,9H,3,6,8,10,17H2,1-2H3. The molecule has 0 saturated heterocycles. The molecule has 1 aromatic heterocycles. The molecule has 2 N–H and O–H groups in total. The van der Waals surface area contributed by atoms with E-state index in [9.17, 15) is 4.79 Å². The molecule has 0 unspecified atom stereocenters. The summed E-state index contributed by atoms with van der Waals surface area (Å²) in [6.07, 6.45) is 2.71. The molecule has 0 bridgehead atoms. The highest BCUT2D eigenvalue weighted by molar-refractivity contribution is 6.09. The Balaban J connectivity index is 2.03. The number of hydrogen-bond acceptors (Lipinski definition) is 3. The van der Waals surface area contributed by atoms with Crippen LogP contribution in [0, 0.1) is 0 Å². The second-order valence-electron chi connectivity index (χ2n) is 5.38. The highest BCUT2D eigenvalue weighted by atomic mass is 16.2. The predicted molar refractivity (Wildman–Crippen MR) is 83.4 cm³/mol. The summed E-state index contributed by atoms with van der Waals surface area (Å²) in [7, 11) is 1.78. The molecule has 0 atom stereocenters. The van der Waals surface area contributed by atoms with Crippen LogP contribution in [0.15, 0.2) is 24.3 Å². The SMILES string of the molecule is CCc1nn(C)c(C(=O)N2CCCc3ccccc32)c1N. The fourth-order valence-corrected chi connectivity index (χ4v) is 2.98. The third-order valence-corrected chi connectivity index (χ3v) is 4.05. The molecular weight excluding hydrogens is 264 g/mol. The van der Waals surface area contributed by atoms with Crippen LogP contribution in [0.5, 0.6) is 0 Å². The fourth-order valence-electron chi connectivity index (χ4n) is 2.98. The molecule has 0 fully saturated rings. The molecule has 3 rings (SSSR count). The smallest absolute Gasteiger partial charge is 0.278 e. The number of aromatic nitrogens is 2. The number of aryl methyl sites for hydroxylation is 3. The monoisotopic (exact) mass is 284 g/mol. The van der Waals surface area contributed by atoms with Gasteiger partial charge in [-0.1, -0.05) is 25.1 Å². The van der Waals surface area contributed by atoms with Gasteiger partial charge >= 0.3 is 0 Å². The van der Waals surface area contributed by atoms with E-state index in [1.165, 1.54) is 5.56 Å². The highest BCUT2D eigenvalue weighted by Gasteiger charge is 2.28. The first-order chi connectivity index (χ1) is 10.1. The van der Waals surface area contributed by atoms with Crippen LogP contribution >= 0.6 is 0 Å². The van der Waals surface area contributed by atoms with Gasteiger partial charge in [0.1, 0.15) is 5.69 Å². The number of nitrogens with zero attached hydrogens (tertiary/aromatic N) is 3. The van der Waals surface area contributed by atoms with Gasteiger partial charge in [0, 0.05) is 19.3 Å². The van der Waals surface area contributed by atoms with Crippen molar-refractivity contribution in [3.63, 3.8) is 0 Å². The van der Waals surface area contributed by atoms with Gasteiger partial charge in [0.25, 0.3) is 5.91 Å². The first-order valence-electron chi connectivity index (χ1n) is 7.34. The number of amides is 1. The molecule has 2 heterocycles. The largest absolute Gasteiger partial charge is 0.395 e. The zero-order chi connectivity index (χ0) is 15.0. The number of nitrogen functional groups attached to an aromatic ring is 1. The van der Waals surface area contributed by atoms with Crippen molar-refractivity contribution >= 4 is 17.3 Å². The summed E-state index contributed by atoms with van der Waals surface area (Å²) in [5, 5.41) is 4.34. The molecule has 5 nitrogen and oxygen atoms in total. The molecule has 2 aromatic rings. The average molecular weight is 284 g/mol. The Bertz CT molecular complexity index is 690. The highest BCUT2D eigenvalue weighted by Crippen LogP contribution is 2.29. The Morgan fingerprint density at radius 1 is 1.38 bits per heavy atom. The minimum absolute atomic E-state index is 0.0608. The molecule has 1 aliphatic heterocycles. The van der Waals surface area contributed by atoms with E-state index in [1.807, 2.05) is 30.0 Å². The van der Waals surface area contributed by atoms with E-state index in [0.717, 1.165) is 37.2 Å². The summed E-state index contributed by atoms with van der Waals surface area (Å²) >= 11 is 0. The van der Waals surface area contributed by atoms with Crippen molar-refractivity contribution in [2.75, 3.05) is 17.2 Å². The van der Waals surface area contributed by atoms with Gasteiger partial charge in [-0.25, -0.2) is 0 Å². The quantitative estimate of drug-likeness (QED) is 0.919. The third-order valence-electron chi connectivity index (χ3n) is 4.05. The second-order valence-corrected chi connectivity index (χ2v) is 5.38. The van der Waals surface area contributed by atoms with Crippen molar-refractivity contribution in [2.45, 2.75) is 26.2 Å². The first kappa shape index (κ1) is 13.7. The van der Waals surface area contributed by atoms with Crippen LogP contribution in [-0.2, 0) is 19.9 Å². The number of fused-ring (bicyclic) bond motifs is 1. The summed E-state index contributed by atoms with van der Waals surface area (Å²) in [5.74, 6) is -0.0608. The van der Waals surface area contributed by atoms with E-state index in [0.29, 0.717) is 11.4 Å². The maximum atomic E-state index is 12.9. The van der Waals surface area contributed by atoms with Gasteiger partial charge in [0.15, 0.2) is 0 Å². The number of nitrogens with two attached hydrogens (primary N) is 1. The molecule has 0 spiro atoms. The summed E-state index contributed by atoms with van der Waals surface area (Å²) in [6.45, 7) is 2.71. The minimum atomic E-state index is -0.0608. The van der Waals surface area contributed by atoms with Gasteiger partial charge in [-0.05, 0) is 30.9 Å². The summed E-state index contributed by atoms with van der Waals surface area (Å²) in [4.78, 5) is 14.7. The zero-order valence-corrected chi connectivity index (χ0v) is 12.5. The minimum Gasteiger partial charge on any atom is -0.395 e. The van der Waals surface area contributed by atoms with Gasteiger partial charge < -0.3 is 10.6 Å². The van der Waals surface area contributed by atoms with Gasteiger partial charge in [-0.2, -0.15) is 5.10 Å². The lowest BCUT2D eigenvalue weighted by Gasteiger charge is -2.29. The lowest BCUT2D eigenvalue weighted by atomic mass is 10.0. The van der Waals surface area contributed by atoms with Crippen molar-refractivity contribution in [1.29, 1.82) is 0 Å². The van der Waals surface area contributed by atoms with E-state index >= 15 is 0 Å². The lowest BCUT2D eigenvalue weighted by Crippen LogP contribution is -2.36. The number of para-hydroxylation sites is 1. The lowest BCUT2D eigenvalue weighted by molar-refractivity contribution is 0.0977. The normalized spacial score (nSPS) is 14.1. The summed E-state index contributed by atoms with van der Waals surface area (Å²) in [5.41, 5.74) is 10.1. The van der Waals surface area contributed by atoms with Crippen molar-refractivity contribution in [1.82, 2.24) is 9.78 Å². The van der Waals surface area contributed by atoms with Crippen molar-refractivity contribution in [3.8, 4) is 0 Å². The molecule has 110 valence electrons. The Labute approximate surface area is 124 Å². The van der Waals surface area contributed by atoms with Crippen LogP contribution in [-0.4, -0.2) is 22.2 Å². The van der Waals surface area contributed by atoms with E-state index in [4.69, 9.17) is 5.73 Å². The van der Waals surface area contributed by atoms with E-state index < -0.39 is 0 Å². The molecule has 1 aliphatic rings. The number of benzene rings is 1. The number of hydrogen-bond donors (Lipinski definition) is 1. The maximum Gasteiger partial charge on any atom is 0.278 e. The number of rotatable bonds is 2. The molecule has 21 heavy (non-hydrogen) atoms. The first-order valence-corrected chi connectivity index (χ1v) is 7.34. The molecule has 1 amide bonds. The van der Waals surface area contributed by atoms with Crippen LogP contribution in [0.2, 0.25) is 0 Å². The van der Waals surface area contributed by atoms with E-state index in [2.05, 4.69) is 11.2 Å². The van der Waals surface area contributed by atoms with E-state index in [1.54, 1.807) is 11.7 Å². The van der Waals surface area contributed by atoms with Crippen molar-refractivity contribution in [3.05, 3.63) is 41.2 Å². The molecular formula is C16H20N4O. The van der Waals surface area contributed by atoms with Crippen molar-refractivity contribution in [2.24, 2.45) is 7.05 Å². The van der Waals surface area contributed by atoms with Crippen LogP contribution in [0.1, 0.15) is 35.1 Å². The number of carbonyl (C=O) groups excluding carboxylic acids is 1. The van der Waals surface area contributed by atoms with Crippen LogP contribution in [0.3, 0.4) is 0 Å². The van der Waals surface area contributed by atoms with Gasteiger partial charge in [0.2, 0.25) is 0 Å². The van der Waals surface area contributed by atoms with Crippen LogP contribution in [0.25, 0.3) is 0 Å². The van der Waals surface area contributed by atoms with Crippen LogP contribution < -0.4 is 10.6 Å². The zero-order valence-electron chi connectivity index (χ0n) is 12.5. The van der Waals surface area contributed by atoms with E-state index in [-0.39, 0.29) is 5.91 Å². The maximum absolute atomic E-state index is 12.9. The third kappa shape index (κ3) is 2.18. The Kier molecular flexibility index (Phi) is 3.41. The van der Waals surface area contributed by atoms with Gasteiger partial charge in [-0.15, -0.1) is 0 Å². The van der Waals surface area contributed by atoms with Crippen LogP contribution in [0.4, 0.5) is 11.4 Å². The molecule has 1 aromatic carbocycles. The fraction of sp³-hybridized carbons (Fsp3) is 0.375. The Morgan fingerprint density at radius 3 is 2.86 bits per heavy atom. The molecule has 5 heteroatoms. The Hall–Kier alpha value is -2.30. The Morgan fingerprint density at radius 2 is 2.14 bits per heavy atom. The predicted octanol–water partition coefficient (Wildman–Crippen LogP) is 2.16.